The van der Waals surface area contributed by atoms with Crippen molar-refractivity contribution in [1.29, 1.82) is 5.26 Å². The summed E-state index contributed by atoms with van der Waals surface area (Å²) in [5, 5.41) is 9.78. The van der Waals surface area contributed by atoms with Crippen LogP contribution in [0.4, 0.5) is 0 Å². The van der Waals surface area contributed by atoms with Gasteiger partial charge in [-0.3, -0.25) is 24.0 Å². The summed E-state index contributed by atoms with van der Waals surface area (Å²) in [5.41, 5.74) is 2.30. The highest BCUT2D eigenvalue weighted by molar-refractivity contribution is 5.69. The van der Waals surface area contributed by atoms with Crippen molar-refractivity contribution in [2.45, 2.75) is 64.6 Å². The van der Waals surface area contributed by atoms with Crippen LogP contribution < -0.4 is 4.74 Å². The molecule has 0 aromatic heterocycles. The van der Waals surface area contributed by atoms with E-state index in [0.29, 0.717) is 35.1 Å². The molecule has 42 heavy (non-hydrogen) atoms. The van der Waals surface area contributed by atoms with E-state index >= 15 is 0 Å². The van der Waals surface area contributed by atoms with Gasteiger partial charge in [0, 0.05) is 27.7 Å². The van der Waals surface area contributed by atoms with E-state index in [1.165, 1.54) is 13.8 Å². The lowest BCUT2D eigenvalue weighted by Crippen LogP contribution is -2.59. The highest BCUT2D eigenvalue weighted by atomic mass is 16.7. The Morgan fingerprint density at radius 2 is 1.48 bits per heavy atom. The fourth-order valence-corrected chi connectivity index (χ4v) is 4.60. The highest BCUT2D eigenvalue weighted by Gasteiger charge is 2.52. The van der Waals surface area contributed by atoms with E-state index in [1.807, 2.05) is 0 Å². The molecule has 0 spiro atoms. The molecular weight excluding hydrogens is 550 g/mol. The van der Waals surface area contributed by atoms with E-state index in [-0.39, 0.29) is 13.2 Å². The molecule has 0 unspecified atom stereocenters. The maximum Gasteiger partial charge on any atom is 0.303 e. The molecule has 12 nitrogen and oxygen atoms in total. The third-order valence-electron chi connectivity index (χ3n) is 6.21. The van der Waals surface area contributed by atoms with E-state index in [4.69, 9.17) is 28.4 Å². The zero-order chi connectivity index (χ0) is 30.8. The lowest BCUT2D eigenvalue weighted by atomic mass is 9.88. The van der Waals surface area contributed by atoms with E-state index in [0.717, 1.165) is 19.4 Å². The number of nitriles is 1. The number of hydrogen-bond donors (Lipinski definition) is 0. The zero-order valence-electron chi connectivity index (χ0n) is 23.6. The van der Waals surface area contributed by atoms with E-state index in [2.05, 4.69) is 6.07 Å². The molecule has 0 saturated carbocycles. The number of nitrogens with zero attached hydrogens (tertiary/aromatic N) is 1. The first-order valence-corrected chi connectivity index (χ1v) is 13.0. The minimum Gasteiger partial charge on any atom is -0.486 e. The molecule has 0 radical (unpaired) electrons. The molecule has 1 aliphatic rings. The molecule has 2 aromatic carbocycles. The van der Waals surface area contributed by atoms with Gasteiger partial charge in [-0.05, 0) is 41.3 Å². The number of benzene rings is 2. The van der Waals surface area contributed by atoms with Crippen molar-refractivity contribution < 1.29 is 52.4 Å². The van der Waals surface area contributed by atoms with Gasteiger partial charge in [-0.1, -0.05) is 24.3 Å². The normalized spacial score (nSPS) is 21.3. The Morgan fingerprint density at radius 1 is 0.857 bits per heavy atom. The maximum absolute atomic E-state index is 12.2. The van der Waals surface area contributed by atoms with Gasteiger partial charge < -0.3 is 28.4 Å². The lowest BCUT2D eigenvalue weighted by Gasteiger charge is -2.44. The lowest BCUT2D eigenvalue weighted by molar-refractivity contribution is -0.254. The molecule has 5 atom stereocenters. The molecule has 12 heteroatoms. The summed E-state index contributed by atoms with van der Waals surface area (Å²) in [6, 6.07) is 14.1. The number of hydrogen-bond acceptors (Lipinski definition) is 12. The van der Waals surface area contributed by atoms with Gasteiger partial charge in [0.25, 0.3) is 0 Å². The Morgan fingerprint density at radius 3 is 2.05 bits per heavy atom. The largest absolute Gasteiger partial charge is 0.486 e. The van der Waals surface area contributed by atoms with Crippen LogP contribution in [0.25, 0.3) is 0 Å². The number of aldehydes is 1. The van der Waals surface area contributed by atoms with Gasteiger partial charge in [-0.15, -0.1) is 0 Å². The van der Waals surface area contributed by atoms with Crippen molar-refractivity contribution in [2.75, 3.05) is 13.2 Å². The second-order valence-corrected chi connectivity index (χ2v) is 9.45. The molecule has 1 aliphatic heterocycles. The summed E-state index contributed by atoms with van der Waals surface area (Å²) < 4.78 is 33.2. The standard InChI is InChI=1S/C30H31NO11/c1-17(33)38-16-26-28(39-18(2)34)30(41-20(4)36)29(40-19(3)35)27(42-26)22-7-8-23(15-31)24(14-22)13-21-5-9-25(10-6-21)37-12-11-32/h5-11,14,26-30H,12-13,16H2,1-4H3/t26-,27+,28-,29+,30+/m1/s1. The van der Waals surface area contributed by atoms with Crippen LogP contribution in [-0.4, -0.2) is 67.8 Å². The Balaban J connectivity index is 2.05. The van der Waals surface area contributed by atoms with Crippen LogP contribution >= 0.6 is 0 Å². The third-order valence-corrected chi connectivity index (χ3v) is 6.21. The van der Waals surface area contributed by atoms with Crippen LogP contribution in [0.3, 0.4) is 0 Å². The fourth-order valence-electron chi connectivity index (χ4n) is 4.60. The summed E-state index contributed by atoms with van der Waals surface area (Å²) in [7, 11) is 0. The van der Waals surface area contributed by atoms with Crippen molar-refractivity contribution in [3.63, 3.8) is 0 Å². The minimum atomic E-state index is -1.31. The number of esters is 4. The molecule has 222 valence electrons. The Bertz CT molecular complexity index is 1350. The molecule has 1 saturated heterocycles. The average molecular weight is 582 g/mol. The first-order valence-electron chi connectivity index (χ1n) is 13.0. The molecule has 2 aromatic rings. The van der Waals surface area contributed by atoms with Crippen LogP contribution in [-0.2, 0) is 54.1 Å². The summed E-state index contributed by atoms with van der Waals surface area (Å²) in [6.45, 7) is 4.23. The molecule has 0 aliphatic carbocycles. The maximum atomic E-state index is 12.2. The monoisotopic (exact) mass is 581 g/mol. The Kier molecular flexibility index (Phi) is 11.2. The Hall–Kier alpha value is -4.76. The number of carbonyl (C=O) groups is 5. The van der Waals surface area contributed by atoms with Crippen LogP contribution in [0.5, 0.6) is 5.75 Å². The van der Waals surface area contributed by atoms with Crippen molar-refractivity contribution in [1.82, 2.24) is 0 Å². The second-order valence-electron chi connectivity index (χ2n) is 9.45. The van der Waals surface area contributed by atoms with Crippen molar-refractivity contribution >= 4 is 30.2 Å². The van der Waals surface area contributed by atoms with E-state index < -0.39 is 54.4 Å². The summed E-state index contributed by atoms with van der Waals surface area (Å²) in [6.07, 6.45) is -5.05. The van der Waals surface area contributed by atoms with Crippen LogP contribution in [0.2, 0.25) is 0 Å². The van der Waals surface area contributed by atoms with Gasteiger partial charge in [0.05, 0.1) is 11.6 Å². The second kappa shape index (κ2) is 14.7. The smallest absolute Gasteiger partial charge is 0.303 e. The molecule has 0 amide bonds. The Labute approximate surface area is 242 Å². The van der Waals surface area contributed by atoms with Gasteiger partial charge >= 0.3 is 23.9 Å². The van der Waals surface area contributed by atoms with Crippen molar-refractivity contribution in [3.05, 3.63) is 64.7 Å². The number of carbonyl (C=O) groups excluding carboxylic acids is 5. The molecule has 1 heterocycles. The summed E-state index contributed by atoms with van der Waals surface area (Å²) in [5.74, 6) is -2.28. The number of rotatable bonds is 11. The fraction of sp³-hybridized carbons (Fsp3) is 0.400. The van der Waals surface area contributed by atoms with Crippen molar-refractivity contribution in [2.24, 2.45) is 0 Å². The van der Waals surface area contributed by atoms with Gasteiger partial charge in [0.2, 0.25) is 0 Å². The van der Waals surface area contributed by atoms with Gasteiger partial charge in [-0.25, -0.2) is 0 Å². The molecular formula is C30H31NO11. The molecule has 0 N–H and O–H groups in total. The zero-order valence-corrected chi connectivity index (χ0v) is 23.6. The average Bonchev–Trinajstić information content (AvgIpc) is 2.93. The first-order chi connectivity index (χ1) is 20.0. The van der Waals surface area contributed by atoms with Crippen molar-refractivity contribution in [3.8, 4) is 11.8 Å². The van der Waals surface area contributed by atoms with Gasteiger partial charge in [-0.2, -0.15) is 5.26 Å². The molecule has 0 bridgehead atoms. The van der Waals surface area contributed by atoms with Crippen LogP contribution in [0.1, 0.15) is 56.1 Å². The van der Waals surface area contributed by atoms with Gasteiger partial charge in [0.15, 0.2) is 24.6 Å². The van der Waals surface area contributed by atoms with E-state index in [1.54, 1.807) is 42.5 Å². The van der Waals surface area contributed by atoms with Crippen LogP contribution in [0, 0.1) is 11.3 Å². The molecule has 3 rings (SSSR count). The molecule has 1 fully saturated rings. The summed E-state index contributed by atoms with van der Waals surface area (Å²) >= 11 is 0. The topological polar surface area (TPSA) is 165 Å². The summed E-state index contributed by atoms with van der Waals surface area (Å²) in [4.78, 5) is 58.5. The van der Waals surface area contributed by atoms with Crippen LogP contribution in [0.15, 0.2) is 42.5 Å². The van der Waals surface area contributed by atoms with Gasteiger partial charge in [0.1, 0.15) is 31.2 Å². The predicted octanol–water partition coefficient (Wildman–Crippen LogP) is 2.52. The predicted molar refractivity (Wildman–Crippen MR) is 143 cm³/mol. The minimum absolute atomic E-state index is 0.0735. The quantitative estimate of drug-likeness (QED) is 0.217. The third kappa shape index (κ3) is 8.62. The number of ether oxygens (including phenoxy) is 6. The first kappa shape index (κ1) is 31.8. The SMILES string of the molecule is CC(=O)OC[C@H]1O[C@@H](c2ccc(C#N)c(Cc3ccc(OCC=O)cc3)c2)[C@H](OC(C)=O)[C@@H](OC(C)=O)[C@@H]1OC(C)=O. The highest BCUT2D eigenvalue weighted by Crippen LogP contribution is 2.38. The van der Waals surface area contributed by atoms with E-state index in [9.17, 15) is 29.2 Å².